The molecule has 0 aliphatic heterocycles. The number of carbonyl (C=O) groups excluding carboxylic acids is 1. The van der Waals surface area contributed by atoms with Crippen molar-refractivity contribution in [3.05, 3.63) is 76.2 Å². The predicted octanol–water partition coefficient (Wildman–Crippen LogP) is 5.99. The van der Waals surface area contributed by atoms with E-state index in [9.17, 15) is 4.79 Å². The van der Waals surface area contributed by atoms with E-state index in [1.54, 1.807) is 24.2 Å². The smallest absolute Gasteiger partial charge is 0.266 e. The van der Waals surface area contributed by atoms with E-state index in [4.69, 9.17) is 0 Å². The number of benzene rings is 1. The van der Waals surface area contributed by atoms with Crippen LogP contribution in [0.25, 0.3) is 0 Å². The van der Waals surface area contributed by atoms with E-state index in [-0.39, 0.29) is 11.3 Å². The van der Waals surface area contributed by atoms with Crippen LogP contribution in [0.3, 0.4) is 0 Å². The van der Waals surface area contributed by atoms with E-state index in [2.05, 4.69) is 43.2 Å². The summed E-state index contributed by atoms with van der Waals surface area (Å²) in [6.07, 6.45) is 3.58. The van der Waals surface area contributed by atoms with Gasteiger partial charge >= 0.3 is 0 Å². The molecule has 2 heterocycles. The summed E-state index contributed by atoms with van der Waals surface area (Å²) in [5.74, 6) is 0.766. The third-order valence-electron chi connectivity index (χ3n) is 3.97. The molecule has 0 unspecified atom stereocenters. The number of nitrogens with zero attached hydrogens (tertiary/aromatic N) is 1. The lowest BCUT2D eigenvalue weighted by atomic mass is 9.87. The molecule has 26 heavy (non-hydrogen) atoms. The second-order valence-corrected chi connectivity index (χ2v) is 8.98. The summed E-state index contributed by atoms with van der Waals surface area (Å²) in [6.45, 7) is 6.50. The maximum atomic E-state index is 12.7. The molecule has 0 bridgehead atoms. The molecule has 0 aliphatic carbocycles. The maximum Gasteiger partial charge on any atom is 0.266 e. The van der Waals surface area contributed by atoms with Gasteiger partial charge in [-0.2, -0.15) is 0 Å². The molecule has 2 aromatic heterocycles. The van der Waals surface area contributed by atoms with Gasteiger partial charge in [-0.15, -0.1) is 23.1 Å². The molecular formula is C21H22N2OS2. The molecule has 0 atom stereocenters. The van der Waals surface area contributed by atoms with Gasteiger partial charge in [-0.1, -0.05) is 32.9 Å². The Kier molecular flexibility index (Phi) is 5.79. The van der Waals surface area contributed by atoms with Crippen molar-refractivity contribution in [2.45, 2.75) is 36.8 Å². The minimum atomic E-state index is -0.0525. The average Bonchev–Trinajstić information content (AvgIpc) is 3.09. The summed E-state index contributed by atoms with van der Waals surface area (Å²) in [6, 6.07) is 14.1. The summed E-state index contributed by atoms with van der Waals surface area (Å²) in [5, 5.41) is 5.01. The van der Waals surface area contributed by atoms with Crippen molar-refractivity contribution in [3.8, 4) is 0 Å². The molecule has 0 saturated heterocycles. The van der Waals surface area contributed by atoms with E-state index in [0.717, 1.165) is 21.2 Å². The maximum absolute atomic E-state index is 12.7. The van der Waals surface area contributed by atoms with Crippen LogP contribution in [0.1, 0.15) is 41.6 Å². The normalized spacial score (nSPS) is 11.3. The number of hydrogen-bond acceptors (Lipinski definition) is 4. The Morgan fingerprint density at radius 2 is 1.92 bits per heavy atom. The molecule has 1 aromatic carbocycles. The van der Waals surface area contributed by atoms with Crippen LogP contribution < -0.4 is 5.32 Å². The van der Waals surface area contributed by atoms with E-state index >= 15 is 0 Å². The highest BCUT2D eigenvalue weighted by molar-refractivity contribution is 7.98. The largest absolute Gasteiger partial charge is 0.321 e. The van der Waals surface area contributed by atoms with Gasteiger partial charge in [0, 0.05) is 28.7 Å². The minimum Gasteiger partial charge on any atom is -0.321 e. The van der Waals surface area contributed by atoms with Gasteiger partial charge in [0.05, 0.1) is 0 Å². The number of rotatable bonds is 5. The first-order valence-corrected chi connectivity index (χ1v) is 10.3. The lowest BCUT2D eigenvalue weighted by Crippen LogP contribution is -2.14. The molecule has 1 amide bonds. The van der Waals surface area contributed by atoms with Gasteiger partial charge in [0.25, 0.3) is 5.91 Å². The minimum absolute atomic E-state index is 0.0508. The number of aromatic nitrogens is 1. The van der Waals surface area contributed by atoms with E-state index in [1.165, 1.54) is 22.5 Å². The number of amides is 1. The van der Waals surface area contributed by atoms with Crippen LogP contribution in [0.5, 0.6) is 0 Å². The topological polar surface area (TPSA) is 42.0 Å². The second kappa shape index (κ2) is 8.06. The van der Waals surface area contributed by atoms with Gasteiger partial charge in [-0.05, 0) is 52.3 Å². The van der Waals surface area contributed by atoms with E-state index < -0.39 is 0 Å². The first kappa shape index (κ1) is 18.7. The van der Waals surface area contributed by atoms with Crippen LogP contribution in [-0.4, -0.2) is 10.9 Å². The lowest BCUT2D eigenvalue weighted by molar-refractivity contribution is 0.102. The first-order valence-electron chi connectivity index (χ1n) is 8.44. The monoisotopic (exact) mass is 382 g/mol. The summed E-state index contributed by atoms with van der Waals surface area (Å²) >= 11 is 3.15. The van der Waals surface area contributed by atoms with Crippen molar-refractivity contribution in [2.75, 3.05) is 5.32 Å². The van der Waals surface area contributed by atoms with Gasteiger partial charge in [0.15, 0.2) is 0 Å². The van der Waals surface area contributed by atoms with E-state index in [1.807, 2.05) is 35.7 Å². The number of thiophene rings is 1. The summed E-state index contributed by atoms with van der Waals surface area (Å²) < 4.78 is 0. The Bertz CT molecular complexity index is 882. The fourth-order valence-corrected chi connectivity index (χ4v) is 4.46. The number of carbonyl (C=O) groups is 1. The van der Waals surface area contributed by atoms with Crippen molar-refractivity contribution in [1.82, 2.24) is 4.98 Å². The Balaban J connectivity index is 1.70. The van der Waals surface area contributed by atoms with Gasteiger partial charge in [-0.3, -0.25) is 9.78 Å². The number of nitrogens with one attached hydrogen (secondary N) is 1. The van der Waals surface area contributed by atoms with Gasteiger partial charge < -0.3 is 5.32 Å². The molecule has 5 heteroatoms. The molecule has 3 nitrogen and oxygen atoms in total. The fourth-order valence-electron chi connectivity index (χ4n) is 2.47. The van der Waals surface area contributed by atoms with Crippen LogP contribution in [-0.2, 0) is 11.2 Å². The zero-order chi connectivity index (χ0) is 18.6. The third kappa shape index (κ3) is 4.74. The van der Waals surface area contributed by atoms with Crippen molar-refractivity contribution in [1.29, 1.82) is 0 Å². The number of thioether (sulfide) groups is 1. The number of anilines is 1. The molecular weight excluding hydrogens is 360 g/mol. The van der Waals surface area contributed by atoms with Crippen molar-refractivity contribution in [3.63, 3.8) is 0 Å². The van der Waals surface area contributed by atoms with E-state index in [0.29, 0.717) is 0 Å². The molecule has 0 fully saturated rings. The van der Waals surface area contributed by atoms with Crippen molar-refractivity contribution in [2.24, 2.45) is 0 Å². The number of pyridine rings is 1. The summed E-state index contributed by atoms with van der Waals surface area (Å²) in [4.78, 5) is 18.5. The molecule has 1 N–H and O–H groups in total. The summed E-state index contributed by atoms with van der Waals surface area (Å²) in [5.41, 5.74) is 3.28. The molecule has 3 rings (SSSR count). The highest BCUT2D eigenvalue weighted by Crippen LogP contribution is 2.31. The van der Waals surface area contributed by atoms with Gasteiger partial charge in [0.1, 0.15) is 4.88 Å². The molecule has 0 aliphatic rings. The highest BCUT2D eigenvalue weighted by atomic mass is 32.2. The van der Waals surface area contributed by atoms with Crippen LogP contribution in [0.15, 0.2) is 65.1 Å². The second-order valence-electron chi connectivity index (χ2n) is 7.04. The summed E-state index contributed by atoms with van der Waals surface area (Å²) in [7, 11) is 0. The van der Waals surface area contributed by atoms with Gasteiger partial charge in [-0.25, -0.2) is 0 Å². The third-order valence-corrected chi connectivity index (χ3v) is 6.14. The van der Waals surface area contributed by atoms with Crippen LogP contribution >= 0.6 is 23.1 Å². The average molecular weight is 383 g/mol. The van der Waals surface area contributed by atoms with Crippen LogP contribution in [0, 0.1) is 0 Å². The molecule has 0 radical (unpaired) electrons. The molecule has 0 spiro atoms. The standard InChI is InChI=1S/C21H22N2OS2/c1-21(2,3)16-5-4-6-17(13-16)23-20(24)19-18(9-12-25-19)26-14-15-7-10-22-11-8-15/h4-13H,14H2,1-3H3,(H,23,24). The SMILES string of the molecule is CC(C)(C)c1cccc(NC(=O)c2sccc2SCc2ccncc2)c1. The quantitative estimate of drug-likeness (QED) is 0.552. The Labute approximate surface area is 162 Å². The number of hydrogen-bond donors (Lipinski definition) is 1. The first-order chi connectivity index (χ1) is 12.4. The van der Waals surface area contributed by atoms with Crippen molar-refractivity contribution < 1.29 is 4.79 Å². The van der Waals surface area contributed by atoms with Crippen LogP contribution in [0.4, 0.5) is 5.69 Å². The van der Waals surface area contributed by atoms with Crippen LogP contribution in [0.2, 0.25) is 0 Å². The zero-order valence-electron chi connectivity index (χ0n) is 15.2. The Hall–Kier alpha value is -2.11. The van der Waals surface area contributed by atoms with Gasteiger partial charge in [0.2, 0.25) is 0 Å². The van der Waals surface area contributed by atoms with Crippen molar-refractivity contribution >= 4 is 34.7 Å². The fraction of sp³-hybridized carbons (Fsp3) is 0.238. The molecule has 3 aromatic rings. The molecule has 0 saturated carbocycles. The Morgan fingerprint density at radius 3 is 2.65 bits per heavy atom. The Morgan fingerprint density at radius 1 is 1.15 bits per heavy atom. The highest BCUT2D eigenvalue weighted by Gasteiger charge is 2.17. The zero-order valence-corrected chi connectivity index (χ0v) is 16.8. The lowest BCUT2D eigenvalue weighted by Gasteiger charge is -2.19. The molecule has 134 valence electrons. The predicted molar refractivity (Wildman–Crippen MR) is 111 cm³/mol.